The molecule has 0 radical (unpaired) electrons. The van der Waals surface area contributed by atoms with Crippen molar-refractivity contribution in [1.29, 1.82) is 0 Å². The highest BCUT2D eigenvalue weighted by Crippen LogP contribution is 2.43. The number of methoxy groups -OCH3 is 1. The zero-order chi connectivity index (χ0) is 20.9. The molecule has 0 bridgehead atoms. The zero-order valence-corrected chi connectivity index (χ0v) is 17.9. The molecule has 1 aliphatic heterocycles. The number of hydrogen-bond donors (Lipinski definition) is 2. The van der Waals surface area contributed by atoms with Crippen molar-refractivity contribution >= 4 is 16.9 Å². The molecule has 0 saturated heterocycles. The van der Waals surface area contributed by atoms with Crippen LogP contribution in [-0.2, 0) is 19.5 Å². The van der Waals surface area contributed by atoms with Crippen molar-refractivity contribution in [1.82, 2.24) is 15.3 Å². The van der Waals surface area contributed by atoms with Gasteiger partial charge in [-0.3, -0.25) is 9.78 Å². The minimum Gasteiger partial charge on any atom is -0.497 e. The van der Waals surface area contributed by atoms with E-state index >= 15 is 0 Å². The number of nitrogens with one attached hydrogen (secondary N) is 2. The van der Waals surface area contributed by atoms with Gasteiger partial charge in [-0.05, 0) is 66.3 Å². The fourth-order valence-corrected chi connectivity index (χ4v) is 4.82. The van der Waals surface area contributed by atoms with Gasteiger partial charge in [0, 0.05) is 31.7 Å². The number of benzene rings is 2. The van der Waals surface area contributed by atoms with E-state index in [9.17, 15) is 4.79 Å². The maximum absolute atomic E-state index is 13.1. The van der Waals surface area contributed by atoms with E-state index in [0.29, 0.717) is 17.9 Å². The van der Waals surface area contributed by atoms with Gasteiger partial charge in [-0.25, -0.2) is 4.98 Å². The smallest absolute Gasteiger partial charge is 0.260 e. The van der Waals surface area contributed by atoms with Gasteiger partial charge in [0.15, 0.2) is 0 Å². The molecule has 2 heterocycles. The van der Waals surface area contributed by atoms with Gasteiger partial charge in [0.2, 0.25) is 5.95 Å². The molecule has 1 aromatic heterocycles. The lowest BCUT2D eigenvalue weighted by molar-refractivity contribution is 0.415. The summed E-state index contributed by atoms with van der Waals surface area (Å²) in [4.78, 5) is 23.2. The van der Waals surface area contributed by atoms with E-state index in [1.165, 1.54) is 29.5 Å². The highest BCUT2D eigenvalue weighted by molar-refractivity contribution is 5.85. The summed E-state index contributed by atoms with van der Waals surface area (Å²) < 4.78 is 5.50. The molecule has 6 nitrogen and oxygen atoms in total. The van der Waals surface area contributed by atoms with Crippen molar-refractivity contribution in [2.75, 3.05) is 18.6 Å². The summed E-state index contributed by atoms with van der Waals surface area (Å²) in [7, 11) is 1.67. The molecule has 2 N–H and O–H groups in total. The Morgan fingerprint density at radius 1 is 1.23 bits per heavy atom. The van der Waals surface area contributed by atoms with E-state index in [-0.39, 0.29) is 5.56 Å². The molecule has 6 heteroatoms. The summed E-state index contributed by atoms with van der Waals surface area (Å²) in [6, 6.07) is 11.2. The van der Waals surface area contributed by atoms with Gasteiger partial charge < -0.3 is 15.0 Å². The number of aromatic amines is 1. The van der Waals surface area contributed by atoms with E-state index in [1.54, 1.807) is 7.11 Å². The molecule has 0 atom stereocenters. The summed E-state index contributed by atoms with van der Waals surface area (Å²) in [5.41, 5.74) is 5.95. The van der Waals surface area contributed by atoms with Gasteiger partial charge in [0.1, 0.15) is 5.75 Å². The molecule has 2 aliphatic carbocycles. The Balaban J connectivity index is 1.33. The minimum absolute atomic E-state index is 0.0438. The van der Waals surface area contributed by atoms with Gasteiger partial charge in [-0.1, -0.05) is 18.2 Å². The molecule has 160 valence electrons. The van der Waals surface area contributed by atoms with E-state index in [2.05, 4.69) is 33.4 Å². The lowest BCUT2D eigenvalue weighted by Crippen LogP contribution is -2.34. The van der Waals surface area contributed by atoms with Gasteiger partial charge in [0.05, 0.1) is 18.0 Å². The van der Waals surface area contributed by atoms with Crippen molar-refractivity contribution in [3.05, 3.63) is 62.9 Å². The molecule has 31 heavy (non-hydrogen) atoms. The van der Waals surface area contributed by atoms with Crippen molar-refractivity contribution in [3.63, 3.8) is 0 Å². The SMILES string of the molecule is COc1cc(C2CC2)c2c(=O)[nH]c(N3CCc4c(CNC5CC5)cccc4C3)nc2c1. The Bertz CT molecular complexity index is 1210. The topological polar surface area (TPSA) is 70.2 Å². The third-order valence-electron chi connectivity index (χ3n) is 6.87. The van der Waals surface area contributed by atoms with Crippen molar-refractivity contribution in [2.45, 2.75) is 57.2 Å². The van der Waals surface area contributed by atoms with Crippen LogP contribution >= 0.6 is 0 Å². The molecule has 2 aromatic carbocycles. The first-order valence-electron chi connectivity index (χ1n) is 11.4. The van der Waals surface area contributed by atoms with Crippen LogP contribution in [0.4, 0.5) is 5.95 Å². The van der Waals surface area contributed by atoms with E-state index in [1.807, 2.05) is 12.1 Å². The van der Waals surface area contributed by atoms with Crippen LogP contribution in [0.5, 0.6) is 5.75 Å². The lowest BCUT2D eigenvalue weighted by Gasteiger charge is -2.30. The number of nitrogens with zero attached hydrogens (tertiary/aromatic N) is 2. The first-order valence-corrected chi connectivity index (χ1v) is 11.4. The average molecular weight is 417 g/mol. The molecule has 2 fully saturated rings. The van der Waals surface area contributed by atoms with Crippen LogP contribution in [0.1, 0.15) is 53.9 Å². The van der Waals surface area contributed by atoms with Crippen LogP contribution < -0.4 is 20.5 Å². The second kappa shape index (κ2) is 7.38. The van der Waals surface area contributed by atoms with Crippen LogP contribution in [0.2, 0.25) is 0 Å². The van der Waals surface area contributed by atoms with Gasteiger partial charge in [-0.2, -0.15) is 0 Å². The summed E-state index contributed by atoms with van der Waals surface area (Å²) in [5.74, 6) is 1.88. The van der Waals surface area contributed by atoms with Crippen LogP contribution in [-0.4, -0.2) is 29.7 Å². The predicted molar refractivity (Wildman–Crippen MR) is 122 cm³/mol. The van der Waals surface area contributed by atoms with Gasteiger partial charge in [-0.15, -0.1) is 0 Å². The third-order valence-corrected chi connectivity index (χ3v) is 6.87. The Morgan fingerprint density at radius 3 is 2.87 bits per heavy atom. The molecule has 0 spiro atoms. The third kappa shape index (κ3) is 3.59. The number of H-pyrrole nitrogens is 1. The highest BCUT2D eigenvalue weighted by atomic mass is 16.5. The molecule has 3 aromatic rings. The molecular formula is C25H28N4O2. The first kappa shape index (κ1) is 18.9. The number of hydrogen-bond acceptors (Lipinski definition) is 5. The van der Waals surface area contributed by atoms with E-state index < -0.39 is 0 Å². The summed E-state index contributed by atoms with van der Waals surface area (Å²) in [6.45, 7) is 2.56. The number of ether oxygens (including phenoxy) is 1. The highest BCUT2D eigenvalue weighted by Gasteiger charge is 2.29. The second-order valence-corrected chi connectivity index (χ2v) is 9.16. The molecule has 0 unspecified atom stereocenters. The fraction of sp³-hybridized carbons (Fsp3) is 0.440. The van der Waals surface area contributed by atoms with E-state index in [4.69, 9.17) is 9.72 Å². The van der Waals surface area contributed by atoms with Gasteiger partial charge >= 0.3 is 0 Å². The van der Waals surface area contributed by atoms with Crippen LogP contribution in [0.3, 0.4) is 0 Å². The molecule has 3 aliphatic rings. The van der Waals surface area contributed by atoms with Crippen LogP contribution in [0.25, 0.3) is 10.9 Å². The van der Waals surface area contributed by atoms with E-state index in [0.717, 1.165) is 61.1 Å². The Hall–Kier alpha value is -2.86. The maximum atomic E-state index is 13.1. The second-order valence-electron chi connectivity index (χ2n) is 9.16. The first-order chi connectivity index (χ1) is 15.2. The maximum Gasteiger partial charge on any atom is 0.260 e. The predicted octanol–water partition coefficient (Wildman–Crippen LogP) is 3.62. The number of aromatic nitrogens is 2. The quantitative estimate of drug-likeness (QED) is 0.642. The standard InChI is InChI=1S/C25H28N4O2/c1-31-19-11-21(15-5-6-15)23-22(12-19)27-25(28-24(23)30)29-10-9-20-16(13-26-18-7-8-18)3-2-4-17(20)14-29/h2-4,11-12,15,18,26H,5-10,13-14H2,1H3,(H,27,28,30). The van der Waals surface area contributed by atoms with Gasteiger partial charge in [0.25, 0.3) is 5.56 Å². The molecule has 6 rings (SSSR count). The summed E-state index contributed by atoms with van der Waals surface area (Å²) in [5, 5.41) is 4.36. The average Bonchev–Trinajstić information content (AvgIpc) is 3.70. The number of rotatable bonds is 6. The molecule has 0 amide bonds. The zero-order valence-electron chi connectivity index (χ0n) is 17.9. The van der Waals surface area contributed by atoms with Crippen molar-refractivity contribution in [2.24, 2.45) is 0 Å². The summed E-state index contributed by atoms with van der Waals surface area (Å²) in [6.07, 6.45) is 5.83. The number of fused-ring (bicyclic) bond motifs is 2. The molecular weight excluding hydrogens is 388 g/mol. The van der Waals surface area contributed by atoms with Crippen molar-refractivity contribution < 1.29 is 4.74 Å². The van der Waals surface area contributed by atoms with Crippen LogP contribution in [0.15, 0.2) is 35.1 Å². The normalized spacial score (nSPS) is 18.3. The van der Waals surface area contributed by atoms with Crippen molar-refractivity contribution in [3.8, 4) is 5.75 Å². The monoisotopic (exact) mass is 416 g/mol. The Morgan fingerprint density at radius 2 is 2.10 bits per heavy atom. The Labute approximate surface area is 181 Å². The fourth-order valence-electron chi connectivity index (χ4n) is 4.82. The number of anilines is 1. The largest absolute Gasteiger partial charge is 0.497 e. The minimum atomic E-state index is -0.0438. The van der Waals surface area contributed by atoms with Crippen LogP contribution in [0, 0.1) is 0 Å². The summed E-state index contributed by atoms with van der Waals surface area (Å²) >= 11 is 0. The lowest BCUT2D eigenvalue weighted by atomic mass is 9.94. The molecule has 2 saturated carbocycles. The Kier molecular flexibility index (Phi) is 4.49.